The maximum atomic E-state index is 5.26. The number of rotatable bonds is 6. The normalized spacial score (nSPS) is 12.2. The highest BCUT2D eigenvalue weighted by atomic mass is 32.2. The molecule has 1 unspecified atom stereocenters. The molecule has 0 saturated carbocycles. The summed E-state index contributed by atoms with van der Waals surface area (Å²) in [6, 6.07) is 2.19. The van der Waals surface area contributed by atoms with Crippen LogP contribution in [0.15, 0.2) is 12.4 Å². The fourth-order valence-corrected chi connectivity index (χ4v) is 1.72. The molecule has 1 aromatic heterocycles. The molecule has 0 aliphatic carbocycles. The standard InChI is InChI=1S/C9H17N5S/c1-7(3-4-15-2)13-8-5-9(14-10)12-6-11-8/h5-7H,3-4,10H2,1-2H3,(H2,11,12,13,14). The predicted molar refractivity (Wildman–Crippen MR) is 65.9 cm³/mol. The van der Waals surface area contributed by atoms with Crippen molar-refractivity contribution in [3.8, 4) is 0 Å². The van der Waals surface area contributed by atoms with Gasteiger partial charge in [0.25, 0.3) is 0 Å². The predicted octanol–water partition coefficient (Wildman–Crippen LogP) is 1.32. The van der Waals surface area contributed by atoms with Crippen molar-refractivity contribution in [3.63, 3.8) is 0 Å². The third-order valence-corrected chi connectivity index (χ3v) is 2.61. The molecule has 1 heterocycles. The Bertz CT molecular complexity index is 294. The number of nitrogens with two attached hydrogens (primary N) is 1. The molecule has 15 heavy (non-hydrogen) atoms. The first-order chi connectivity index (χ1) is 7.26. The maximum absolute atomic E-state index is 5.26. The van der Waals surface area contributed by atoms with Gasteiger partial charge in [0, 0.05) is 12.1 Å². The molecule has 0 fully saturated rings. The number of hydrazine groups is 1. The minimum absolute atomic E-state index is 0.401. The highest BCUT2D eigenvalue weighted by Gasteiger charge is 2.03. The summed E-state index contributed by atoms with van der Waals surface area (Å²) in [5.41, 5.74) is 2.49. The first-order valence-corrected chi connectivity index (χ1v) is 6.19. The number of hydrogen-bond acceptors (Lipinski definition) is 6. The van der Waals surface area contributed by atoms with Crippen LogP contribution >= 0.6 is 11.8 Å². The molecular formula is C9H17N5S. The van der Waals surface area contributed by atoms with E-state index in [1.54, 1.807) is 6.07 Å². The molecule has 0 aliphatic rings. The Labute approximate surface area is 94.2 Å². The number of nitrogen functional groups attached to an aromatic ring is 1. The van der Waals surface area contributed by atoms with Crippen LogP contribution in [0, 0.1) is 0 Å². The fourth-order valence-electron chi connectivity index (χ4n) is 1.13. The van der Waals surface area contributed by atoms with Crippen LogP contribution in [-0.4, -0.2) is 28.0 Å². The Morgan fingerprint density at radius 2 is 2.20 bits per heavy atom. The number of anilines is 2. The summed E-state index contributed by atoms with van der Waals surface area (Å²) in [5.74, 6) is 7.81. The van der Waals surface area contributed by atoms with Gasteiger partial charge in [-0.25, -0.2) is 15.8 Å². The van der Waals surface area contributed by atoms with Crippen molar-refractivity contribution in [2.75, 3.05) is 22.8 Å². The number of hydrogen-bond donors (Lipinski definition) is 3. The monoisotopic (exact) mass is 227 g/mol. The topological polar surface area (TPSA) is 75.9 Å². The van der Waals surface area contributed by atoms with E-state index in [0.29, 0.717) is 11.9 Å². The van der Waals surface area contributed by atoms with Crippen molar-refractivity contribution >= 4 is 23.4 Å². The van der Waals surface area contributed by atoms with Crippen molar-refractivity contribution in [1.29, 1.82) is 0 Å². The number of nitrogens with zero attached hydrogens (tertiary/aromatic N) is 2. The zero-order valence-corrected chi connectivity index (χ0v) is 9.84. The third-order valence-electron chi connectivity index (χ3n) is 1.96. The van der Waals surface area contributed by atoms with Gasteiger partial charge in [0.2, 0.25) is 0 Å². The van der Waals surface area contributed by atoms with Crippen LogP contribution in [0.25, 0.3) is 0 Å². The SMILES string of the molecule is CSCCC(C)Nc1cc(NN)ncn1. The number of thioether (sulfide) groups is 1. The minimum Gasteiger partial charge on any atom is -0.367 e. The number of nitrogens with one attached hydrogen (secondary N) is 2. The molecule has 1 atom stereocenters. The van der Waals surface area contributed by atoms with Crippen LogP contribution in [0.4, 0.5) is 11.6 Å². The smallest absolute Gasteiger partial charge is 0.145 e. The van der Waals surface area contributed by atoms with Crippen molar-refractivity contribution in [2.24, 2.45) is 5.84 Å². The fraction of sp³-hybridized carbons (Fsp3) is 0.556. The van der Waals surface area contributed by atoms with Gasteiger partial charge in [-0.3, -0.25) is 0 Å². The van der Waals surface area contributed by atoms with Crippen molar-refractivity contribution in [1.82, 2.24) is 9.97 Å². The summed E-state index contributed by atoms with van der Waals surface area (Å²) < 4.78 is 0. The van der Waals surface area contributed by atoms with E-state index in [1.807, 2.05) is 11.8 Å². The summed E-state index contributed by atoms with van der Waals surface area (Å²) in [7, 11) is 0. The van der Waals surface area contributed by atoms with Crippen LogP contribution in [-0.2, 0) is 0 Å². The molecule has 84 valence electrons. The molecule has 6 heteroatoms. The average molecular weight is 227 g/mol. The first kappa shape index (κ1) is 12.1. The molecule has 1 rings (SSSR count). The third kappa shape index (κ3) is 4.35. The van der Waals surface area contributed by atoms with Gasteiger partial charge in [-0.05, 0) is 25.4 Å². The van der Waals surface area contributed by atoms with Crippen LogP contribution < -0.4 is 16.6 Å². The van der Waals surface area contributed by atoms with Gasteiger partial charge in [-0.15, -0.1) is 0 Å². The van der Waals surface area contributed by atoms with Crippen LogP contribution in [0.5, 0.6) is 0 Å². The molecule has 1 aromatic rings. The van der Waals surface area contributed by atoms with Gasteiger partial charge in [0.15, 0.2) is 0 Å². The number of aromatic nitrogens is 2. The molecule has 0 amide bonds. The van der Waals surface area contributed by atoms with Crippen molar-refractivity contribution < 1.29 is 0 Å². The van der Waals surface area contributed by atoms with Gasteiger partial charge in [0.05, 0.1) is 0 Å². The molecule has 0 aromatic carbocycles. The molecule has 0 bridgehead atoms. The summed E-state index contributed by atoms with van der Waals surface area (Å²) in [6.07, 6.45) is 4.70. The lowest BCUT2D eigenvalue weighted by Crippen LogP contribution is -2.17. The van der Waals surface area contributed by atoms with Crippen LogP contribution in [0.2, 0.25) is 0 Å². The second-order valence-corrected chi connectivity index (χ2v) is 4.25. The zero-order valence-electron chi connectivity index (χ0n) is 9.03. The van der Waals surface area contributed by atoms with Gasteiger partial charge >= 0.3 is 0 Å². The van der Waals surface area contributed by atoms with Crippen molar-refractivity contribution in [2.45, 2.75) is 19.4 Å². The van der Waals surface area contributed by atoms with E-state index in [4.69, 9.17) is 5.84 Å². The Balaban J connectivity index is 2.48. The largest absolute Gasteiger partial charge is 0.367 e. The molecule has 0 saturated heterocycles. The summed E-state index contributed by atoms with van der Waals surface area (Å²) in [4.78, 5) is 8.05. The highest BCUT2D eigenvalue weighted by molar-refractivity contribution is 7.98. The van der Waals surface area contributed by atoms with E-state index in [2.05, 4.69) is 33.9 Å². The Morgan fingerprint density at radius 3 is 2.87 bits per heavy atom. The maximum Gasteiger partial charge on any atom is 0.145 e. The van der Waals surface area contributed by atoms with E-state index in [-0.39, 0.29) is 0 Å². The van der Waals surface area contributed by atoms with Gasteiger partial charge in [0.1, 0.15) is 18.0 Å². The highest BCUT2D eigenvalue weighted by Crippen LogP contribution is 2.10. The first-order valence-electron chi connectivity index (χ1n) is 4.80. The molecule has 4 N–H and O–H groups in total. The van der Waals surface area contributed by atoms with E-state index >= 15 is 0 Å². The van der Waals surface area contributed by atoms with E-state index in [9.17, 15) is 0 Å². The van der Waals surface area contributed by atoms with E-state index in [0.717, 1.165) is 18.0 Å². The second-order valence-electron chi connectivity index (χ2n) is 3.26. The lowest BCUT2D eigenvalue weighted by Gasteiger charge is -2.13. The van der Waals surface area contributed by atoms with E-state index < -0.39 is 0 Å². The molecular weight excluding hydrogens is 210 g/mol. The lowest BCUT2D eigenvalue weighted by atomic mass is 10.2. The van der Waals surface area contributed by atoms with E-state index in [1.165, 1.54) is 6.33 Å². The zero-order chi connectivity index (χ0) is 11.1. The Hall–Kier alpha value is -1.01. The van der Waals surface area contributed by atoms with Crippen molar-refractivity contribution in [3.05, 3.63) is 12.4 Å². The minimum atomic E-state index is 0.401. The Morgan fingerprint density at radius 1 is 1.47 bits per heavy atom. The molecule has 0 spiro atoms. The Kier molecular flexibility index (Phi) is 5.20. The van der Waals surface area contributed by atoms with Crippen LogP contribution in [0.1, 0.15) is 13.3 Å². The van der Waals surface area contributed by atoms with Gasteiger partial charge in [-0.2, -0.15) is 11.8 Å². The lowest BCUT2D eigenvalue weighted by molar-refractivity contribution is 0.766. The quantitative estimate of drug-likeness (QED) is 0.502. The summed E-state index contributed by atoms with van der Waals surface area (Å²) >= 11 is 1.84. The van der Waals surface area contributed by atoms with Gasteiger partial charge < -0.3 is 10.7 Å². The van der Waals surface area contributed by atoms with Crippen LogP contribution in [0.3, 0.4) is 0 Å². The summed E-state index contributed by atoms with van der Waals surface area (Å²) in [5, 5.41) is 3.29. The second kappa shape index (κ2) is 6.47. The average Bonchev–Trinajstić information content (AvgIpc) is 2.26. The molecule has 0 aliphatic heterocycles. The molecule has 0 radical (unpaired) electrons. The molecule has 5 nitrogen and oxygen atoms in total. The van der Waals surface area contributed by atoms with Gasteiger partial charge in [-0.1, -0.05) is 0 Å². The summed E-state index contributed by atoms with van der Waals surface area (Å²) in [6.45, 7) is 2.13.